The molecule has 102 valence electrons. The van der Waals surface area contributed by atoms with Crippen molar-refractivity contribution < 1.29 is 4.79 Å². The Kier molecular flexibility index (Phi) is 4.18. The van der Waals surface area contributed by atoms with E-state index in [0.717, 1.165) is 11.1 Å². The molecule has 0 radical (unpaired) electrons. The van der Waals surface area contributed by atoms with Gasteiger partial charge in [0.15, 0.2) is 0 Å². The number of nitrogens with zero attached hydrogens (tertiary/aromatic N) is 2. The van der Waals surface area contributed by atoms with Crippen LogP contribution in [0.5, 0.6) is 0 Å². The molecule has 3 N–H and O–H groups in total. The van der Waals surface area contributed by atoms with Crippen LogP contribution in [0.15, 0.2) is 30.6 Å². The number of anilines is 1. The second-order valence-electron chi connectivity index (χ2n) is 4.41. The number of hydrogen-bond donors (Lipinski definition) is 2. The molecule has 5 heteroatoms. The molecule has 0 fully saturated rings. The molecule has 0 spiro atoms. The third kappa shape index (κ3) is 3.25. The number of hydrogen-bond acceptors (Lipinski definition) is 3. The van der Waals surface area contributed by atoms with E-state index in [-0.39, 0.29) is 12.5 Å². The Balaban J connectivity index is 2.28. The minimum atomic E-state index is -0.209. The van der Waals surface area contributed by atoms with Crippen molar-refractivity contribution >= 4 is 11.6 Å². The van der Waals surface area contributed by atoms with Crippen molar-refractivity contribution in [1.82, 2.24) is 9.78 Å². The van der Waals surface area contributed by atoms with Crippen LogP contribution < -0.4 is 11.1 Å². The number of rotatable bonds is 2. The lowest BCUT2D eigenvalue weighted by atomic mass is 10.1. The van der Waals surface area contributed by atoms with Gasteiger partial charge in [0.05, 0.1) is 24.0 Å². The zero-order valence-corrected chi connectivity index (χ0v) is 11.5. The standard InChI is InChI=1S/C15H16N4O/c1-11-5-6-12(4-3-7-16)14(8-11)18-15(20)13-9-17-19(2)10-13/h5-6,8-10H,7,16H2,1-2H3,(H,18,20). The molecule has 2 aromatic rings. The van der Waals surface area contributed by atoms with E-state index in [1.54, 1.807) is 17.9 Å². The first-order valence-corrected chi connectivity index (χ1v) is 6.19. The molecule has 1 aromatic heterocycles. The molecule has 0 aliphatic rings. The SMILES string of the molecule is Cc1ccc(C#CCN)c(NC(=O)c2cnn(C)c2)c1. The molecule has 0 saturated heterocycles. The summed E-state index contributed by atoms with van der Waals surface area (Å²) in [4.78, 5) is 12.1. The van der Waals surface area contributed by atoms with Crippen molar-refractivity contribution in [2.45, 2.75) is 6.92 Å². The molecule has 0 bridgehead atoms. The largest absolute Gasteiger partial charge is 0.321 e. The number of nitrogens with one attached hydrogen (secondary N) is 1. The van der Waals surface area contributed by atoms with Gasteiger partial charge in [0.2, 0.25) is 0 Å². The van der Waals surface area contributed by atoms with Gasteiger partial charge in [-0.2, -0.15) is 5.10 Å². The van der Waals surface area contributed by atoms with E-state index < -0.39 is 0 Å². The van der Waals surface area contributed by atoms with Crippen LogP contribution in [0.2, 0.25) is 0 Å². The molecular formula is C15H16N4O. The molecule has 0 aliphatic heterocycles. The molecule has 1 heterocycles. The third-order valence-corrected chi connectivity index (χ3v) is 2.72. The molecule has 2 rings (SSSR count). The van der Waals surface area contributed by atoms with E-state index in [1.807, 2.05) is 25.1 Å². The van der Waals surface area contributed by atoms with Gasteiger partial charge in [0.25, 0.3) is 5.91 Å². The fraction of sp³-hybridized carbons (Fsp3) is 0.200. The van der Waals surface area contributed by atoms with Gasteiger partial charge >= 0.3 is 0 Å². The van der Waals surface area contributed by atoms with E-state index >= 15 is 0 Å². The Morgan fingerprint density at radius 1 is 1.50 bits per heavy atom. The zero-order valence-electron chi connectivity index (χ0n) is 11.5. The van der Waals surface area contributed by atoms with Crippen LogP contribution in [0.4, 0.5) is 5.69 Å². The van der Waals surface area contributed by atoms with Gasteiger partial charge in [-0.1, -0.05) is 17.9 Å². The first-order chi connectivity index (χ1) is 9.60. The highest BCUT2D eigenvalue weighted by Gasteiger charge is 2.10. The number of amides is 1. The van der Waals surface area contributed by atoms with E-state index in [0.29, 0.717) is 11.3 Å². The van der Waals surface area contributed by atoms with Crippen molar-refractivity contribution in [3.8, 4) is 11.8 Å². The quantitative estimate of drug-likeness (QED) is 0.806. The number of carbonyl (C=O) groups is 1. The summed E-state index contributed by atoms with van der Waals surface area (Å²) in [5.41, 5.74) is 8.36. The second-order valence-corrected chi connectivity index (χ2v) is 4.41. The molecule has 1 aromatic carbocycles. The van der Waals surface area contributed by atoms with Gasteiger partial charge in [-0.05, 0) is 24.6 Å². The lowest BCUT2D eigenvalue weighted by molar-refractivity contribution is 0.102. The molecule has 1 amide bonds. The normalized spacial score (nSPS) is 9.75. The Hall–Kier alpha value is -2.58. The summed E-state index contributed by atoms with van der Waals surface area (Å²) in [7, 11) is 1.77. The summed E-state index contributed by atoms with van der Waals surface area (Å²) < 4.78 is 1.58. The smallest absolute Gasteiger partial charge is 0.258 e. The molecular weight excluding hydrogens is 252 g/mol. The summed E-state index contributed by atoms with van der Waals surface area (Å²) in [6, 6.07) is 5.70. The molecule has 0 atom stereocenters. The van der Waals surface area contributed by atoms with Crippen LogP contribution in [0.3, 0.4) is 0 Å². The zero-order chi connectivity index (χ0) is 14.5. The van der Waals surface area contributed by atoms with Crippen molar-refractivity contribution in [3.63, 3.8) is 0 Å². The van der Waals surface area contributed by atoms with Crippen molar-refractivity contribution in [3.05, 3.63) is 47.3 Å². The van der Waals surface area contributed by atoms with Gasteiger partial charge in [-0.3, -0.25) is 9.48 Å². The summed E-state index contributed by atoms with van der Waals surface area (Å²) in [5, 5.41) is 6.83. The summed E-state index contributed by atoms with van der Waals surface area (Å²) in [6.07, 6.45) is 3.19. The number of nitrogens with two attached hydrogens (primary N) is 1. The molecule has 20 heavy (non-hydrogen) atoms. The maximum atomic E-state index is 12.1. The molecule has 0 aliphatic carbocycles. The first-order valence-electron chi connectivity index (χ1n) is 6.19. The van der Waals surface area contributed by atoms with Crippen LogP contribution in [0.25, 0.3) is 0 Å². The second kappa shape index (κ2) is 6.04. The van der Waals surface area contributed by atoms with Gasteiger partial charge < -0.3 is 11.1 Å². The van der Waals surface area contributed by atoms with Crippen LogP contribution in [0.1, 0.15) is 21.5 Å². The van der Waals surface area contributed by atoms with E-state index in [9.17, 15) is 4.79 Å². The summed E-state index contributed by atoms with van der Waals surface area (Å²) in [5.74, 6) is 5.53. The third-order valence-electron chi connectivity index (χ3n) is 2.72. The highest BCUT2D eigenvalue weighted by atomic mass is 16.1. The number of aromatic nitrogens is 2. The van der Waals surface area contributed by atoms with Gasteiger partial charge in [0, 0.05) is 18.8 Å². The summed E-state index contributed by atoms with van der Waals surface area (Å²) in [6.45, 7) is 2.24. The molecule has 5 nitrogen and oxygen atoms in total. The number of benzene rings is 1. The van der Waals surface area contributed by atoms with Gasteiger partial charge in [-0.25, -0.2) is 0 Å². The highest BCUT2D eigenvalue weighted by Crippen LogP contribution is 2.17. The average Bonchev–Trinajstić information content (AvgIpc) is 2.85. The number of aryl methyl sites for hydroxylation is 2. The minimum absolute atomic E-state index is 0.209. The van der Waals surface area contributed by atoms with Gasteiger partial charge in [0.1, 0.15) is 0 Å². The van der Waals surface area contributed by atoms with Gasteiger partial charge in [-0.15, -0.1) is 0 Å². The minimum Gasteiger partial charge on any atom is -0.321 e. The monoisotopic (exact) mass is 268 g/mol. The lowest BCUT2D eigenvalue weighted by Crippen LogP contribution is -2.12. The molecule has 0 saturated carbocycles. The van der Waals surface area contributed by atoms with Crippen molar-refractivity contribution in [2.75, 3.05) is 11.9 Å². The van der Waals surface area contributed by atoms with Crippen molar-refractivity contribution in [1.29, 1.82) is 0 Å². The summed E-state index contributed by atoms with van der Waals surface area (Å²) >= 11 is 0. The fourth-order valence-corrected chi connectivity index (χ4v) is 1.75. The predicted molar refractivity (Wildman–Crippen MR) is 78.3 cm³/mol. The molecule has 0 unspecified atom stereocenters. The van der Waals surface area contributed by atoms with Crippen LogP contribution >= 0.6 is 0 Å². The maximum absolute atomic E-state index is 12.1. The van der Waals surface area contributed by atoms with E-state index in [1.165, 1.54) is 6.20 Å². The highest BCUT2D eigenvalue weighted by molar-refractivity contribution is 6.04. The van der Waals surface area contributed by atoms with E-state index in [2.05, 4.69) is 22.3 Å². The number of carbonyl (C=O) groups excluding carboxylic acids is 1. The lowest BCUT2D eigenvalue weighted by Gasteiger charge is -2.07. The average molecular weight is 268 g/mol. The van der Waals surface area contributed by atoms with Crippen LogP contribution in [0, 0.1) is 18.8 Å². The van der Waals surface area contributed by atoms with Crippen LogP contribution in [-0.2, 0) is 7.05 Å². The fourth-order valence-electron chi connectivity index (χ4n) is 1.75. The Morgan fingerprint density at radius 3 is 2.95 bits per heavy atom. The van der Waals surface area contributed by atoms with Crippen molar-refractivity contribution in [2.24, 2.45) is 12.8 Å². The Bertz CT molecular complexity index is 691. The topological polar surface area (TPSA) is 72.9 Å². The predicted octanol–water partition coefficient (Wildman–Crippen LogP) is 1.29. The maximum Gasteiger partial charge on any atom is 0.258 e. The van der Waals surface area contributed by atoms with Crippen LogP contribution in [-0.4, -0.2) is 22.2 Å². The Labute approximate surface area is 117 Å². The Morgan fingerprint density at radius 2 is 2.30 bits per heavy atom. The van der Waals surface area contributed by atoms with E-state index in [4.69, 9.17) is 5.73 Å². The first kappa shape index (κ1) is 13.8.